The number of hydrogen-bond donors (Lipinski definition) is 1. The van der Waals surface area contributed by atoms with Gasteiger partial charge in [0.05, 0.1) is 35.5 Å². The Morgan fingerprint density at radius 2 is 1.71 bits per heavy atom. The minimum atomic E-state index is -0.260. The molecule has 1 saturated heterocycles. The Hall–Kier alpha value is -3.25. The molecule has 2 amide bonds. The Kier molecular flexibility index (Phi) is 5.04. The topological polar surface area (TPSA) is 71.5 Å². The van der Waals surface area contributed by atoms with Crippen LogP contribution in [0.5, 0.6) is 0 Å². The first kappa shape index (κ1) is 18.1. The van der Waals surface area contributed by atoms with Crippen LogP contribution in [0.4, 0.5) is 5.69 Å². The molecule has 0 spiro atoms. The second kappa shape index (κ2) is 7.78. The third-order valence-corrected chi connectivity index (χ3v) is 4.79. The SMILES string of the molecule is Cc1cc(C(=O)Nc2ccccc2C(=O)N2CCOCC2)c2ccccc2n1. The van der Waals surface area contributed by atoms with Gasteiger partial charge in [-0.2, -0.15) is 0 Å². The van der Waals surface area contributed by atoms with Crippen LogP contribution < -0.4 is 5.32 Å². The maximum Gasteiger partial charge on any atom is 0.256 e. The monoisotopic (exact) mass is 375 g/mol. The molecule has 6 heteroatoms. The summed E-state index contributed by atoms with van der Waals surface area (Å²) in [5.74, 6) is -0.362. The number of ether oxygens (including phenoxy) is 1. The van der Waals surface area contributed by atoms with Crippen molar-refractivity contribution >= 4 is 28.4 Å². The molecule has 2 aromatic carbocycles. The van der Waals surface area contributed by atoms with Gasteiger partial charge >= 0.3 is 0 Å². The molecule has 2 heterocycles. The molecule has 0 bridgehead atoms. The molecule has 3 aromatic rings. The number of rotatable bonds is 3. The average Bonchev–Trinajstić information content (AvgIpc) is 2.73. The summed E-state index contributed by atoms with van der Waals surface area (Å²) >= 11 is 0. The third kappa shape index (κ3) is 3.59. The predicted molar refractivity (Wildman–Crippen MR) is 108 cm³/mol. The lowest BCUT2D eigenvalue weighted by molar-refractivity contribution is 0.0303. The molecule has 1 fully saturated rings. The normalized spacial score (nSPS) is 14.1. The summed E-state index contributed by atoms with van der Waals surface area (Å²) in [4.78, 5) is 32.2. The van der Waals surface area contributed by atoms with Crippen LogP contribution in [0.3, 0.4) is 0 Å². The van der Waals surface area contributed by atoms with Crippen molar-refractivity contribution in [3.8, 4) is 0 Å². The Labute approximate surface area is 163 Å². The van der Waals surface area contributed by atoms with Gasteiger partial charge in [-0.15, -0.1) is 0 Å². The number of amides is 2. The number of para-hydroxylation sites is 2. The highest BCUT2D eigenvalue weighted by molar-refractivity contribution is 6.14. The Morgan fingerprint density at radius 1 is 1.00 bits per heavy atom. The van der Waals surface area contributed by atoms with E-state index >= 15 is 0 Å². The number of aryl methyl sites for hydroxylation is 1. The number of hydrogen-bond acceptors (Lipinski definition) is 4. The molecule has 28 heavy (non-hydrogen) atoms. The van der Waals surface area contributed by atoms with E-state index in [0.29, 0.717) is 43.1 Å². The van der Waals surface area contributed by atoms with Crippen LogP contribution in [0.25, 0.3) is 10.9 Å². The van der Waals surface area contributed by atoms with E-state index in [1.54, 1.807) is 29.2 Å². The average molecular weight is 375 g/mol. The molecule has 0 unspecified atom stereocenters. The molecule has 0 radical (unpaired) electrons. The van der Waals surface area contributed by atoms with Gasteiger partial charge in [0.2, 0.25) is 0 Å². The second-order valence-corrected chi connectivity index (χ2v) is 6.73. The lowest BCUT2D eigenvalue weighted by Crippen LogP contribution is -2.41. The number of nitrogens with one attached hydrogen (secondary N) is 1. The molecule has 0 atom stereocenters. The highest BCUT2D eigenvalue weighted by Gasteiger charge is 2.22. The van der Waals surface area contributed by atoms with Crippen LogP contribution in [0, 0.1) is 6.92 Å². The first-order valence-electron chi connectivity index (χ1n) is 9.27. The fourth-order valence-corrected chi connectivity index (χ4v) is 3.40. The summed E-state index contributed by atoms with van der Waals surface area (Å²) in [7, 11) is 0. The van der Waals surface area contributed by atoms with Crippen molar-refractivity contribution in [2.45, 2.75) is 6.92 Å². The van der Waals surface area contributed by atoms with E-state index < -0.39 is 0 Å². The molecule has 0 saturated carbocycles. The van der Waals surface area contributed by atoms with E-state index in [-0.39, 0.29) is 11.8 Å². The largest absolute Gasteiger partial charge is 0.378 e. The van der Waals surface area contributed by atoms with Gasteiger partial charge in [-0.1, -0.05) is 30.3 Å². The number of carbonyl (C=O) groups excluding carboxylic acids is 2. The van der Waals surface area contributed by atoms with Crippen molar-refractivity contribution in [1.29, 1.82) is 0 Å². The quantitative estimate of drug-likeness (QED) is 0.763. The lowest BCUT2D eigenvalue weighted by atomic mass is 10.1. The van der Waals surface area contributed by atoms with Crippen LogP contribution in [-0.4, -0.2) is 48.0 Å². The van der Waals surface area contributed by atoms with Crippen molar-refractivity contribution in [1.82, 2.24) is 9.88 Å². The molecule has 1 aliphatic rings. The van der Waals surface area contributed by atoms with E-state index in [1.165, 1.54) is 0 Å². The third-order valence-electron chi connectivity index (χ3n) is 4.79. The summed E-state index contributed by atoms with van der Waals surface area (Å²) in [6.45, 7) is 4.02. The molecule has 4 rings (SSSR count). The highest BCUT2D eigenvalue weighted by Crippen LogP contribution is 2.22. The van der Waals surface area contributed by atoms with Crippen molar-refractivity contribution in [2.24, 2.45) is 0 Å². The Bertz CT molecular complexity index is 1040. The van der Waals surface area contributed by atoms with Crippen LogP contribution in [0.1, 0.15) is 26.4 Å². The zero-order valence-corrected chi connectivity index (χ0v) is 15.6. The summed E-state index contributed by atoms with van der Waals surface area (Å²) < 4.78 is 5.32. The predicted octanol–water partition coefficient (Wildman–Crippen LogP) is 3.27. The molecule has 1 N–H and O–H groups in total. The number of pyridine rings is 1. The van der Waals surface area contributed by atoms with Crippen LogP contribution in [0.15, 0.2) is 54.6 Å². The maximum absolute atomic E-state index is 13.0. The molecule has 6 nitrogen and oxygen atoms in total. The van der Waals surface area contributed by atoms with Gasteiger partial charge in [-0.3, -0.25) is 14.6 Å². The van der Waals surface area contributed by atoms with Crippen LogP contribution in [0.2, 0.25) is 0 Å². The van der Waals surface area contributed by atoms with Gasteiger partial charge in [0.15, 0.2) is 0 Å². The van der Waals surface area contributed by atoms with Gasteiger partial charge < -0.3 is 15.0 Å². The number of benzene rings is 2. The van der Waals surface area contributed by atoms with E-state index in [0.717, 1.165) is 16.6 Å². The minimum absolute atomic E-state index is 0.102. The van der Waals surface area contributed by atoms with E-state index in [4.69, 9.17) is 4.74 Å². The number of nitrogens with zero attached hydrogens (tertiary/aromatic N) is 2. The molecular formula is C22H21N3O3. The number of aromatic nitrogens is 1. The standard InChI is InChI=1S/C22H21N3O3/c1-15-14-18(16-6-2-4-8-19(16)23-15)21(26)24-20-9-5-3-7-17(20)22(27)25-10-12-28-13-11-25/h2-9,14H,10-13H2,1H3,(H,24,26). The minimum Gasteiger partial charge on any atom is -0.378 e. The smallest absolute Gasteiger partial charge is 0.256 e. The summed E-state index contributed by atoms with van der Waals surface area (Å²) in [6, 6.07) is 16.4. The first-order valence-corrected chi connectivity index (χ1v) is 9.27. The highest BCUT2D eigenvalue weighted by atomic mass is 16.5. The van der Waals surface area contributed by atoms with Crippen molar-refractivity contribution < 1.29 is 14.3 Å². The van der Waals surface area contributed by atoms with Crippen molar-refractivity contribution in [3.05, 3.63) is 71.4 Å². The van der Waals surface area contributed by atoms with Crippen molar-refractivity contribution in [2.75, 3.05) is 31.6 Å². The van der Waals surface area contributed by atoms with Crippen LogP contribution in [-0.2, 0) is 4.74 Å². The number of anilines is 1. The lowest BCUT2D eigenvalue weighted by Gasteiger charge is -2.27. The number of morpholine rings is 1. The fourth-order valence-electron chi connectivity index (χ4n) is 3.40. The molecule has 1 aromatic heterocycles. The van der Waals surface area contributed by atoms with E-state index in [1.807, 2.05) is 37.3 Å². The zero-order chi connectivity index (χ0) is 19.5. The molecule has 142 valence electrons. The van der Waals surface area contributed by atoms with E-state index in [2.05, 4.69) is 10.3 Å². The molecule has 1 aliphatic heterocycles. The summed E-state index contributed by atoms with van der Waals surface area (Å²) in [5, 5.41) is 3.70. The van der Waals surface area contributed by atoms with Crippen LogP contribution >= 0.6 is 0 Å². The van der Waals surface area contributed by atoms with E-state index in [9.17, 15) is 9.59 Å². The maximum atomic E-state index is 13.0. The van der Waals surface area contributed by atoms with Gasteiger partial charge in [-0.25, -0.2) is 0 Å². The Balaban J connectivity index is 1.65. The molecule has 0 aliphatic carbocycles. The Morgan fingerprint density at radius 3 is 2.54 bits per heavy atom. The number of fused-ring (bicyclic) bond motifs is 1. The van der Waals surface area contributed by atoms with Gasteiger partial charge in [0.1, 0.15) is 0 Å². The molecular weight excluding hydrogens is 354 g/mol. The fraction of sp³-hybridized carbons (Fsp3) is 0.227. The summed E-state index contributed by atoms with van der Waals surface area (Å²) in [5.41, 5.74) is 3.05. The summed E-state index contributed by atoms with van der Waals surface area (Å²) in [6.07, 6.45) is 0. The number of carbonyl (C=O) groups is 2. The van der Waals surface area contributed by atoms with Gasteiger partial charge in [0, 0.05) is 24.2 Å². The van der Waals surface area contributed by atoms with Crippen molar-refractivity contribution in [3.63, 3.8) is 0 Å². The van der Waals surface area contributed by atoms with Gasteiger partial charge in [-0.05, 0) is 31.2 Å². The first-order chi connectivity index (χ1) is 13.6. The van der Waals surface area contributed by atoms with Gasteiger partial charge in [0.25, 0.3) is 11.8 Å². The second-order valence-electron chi connectivity index (χ2n) is 6.73. The zero-order valence-electron chi connectivity index (χ0n) is 15.6.